The highest BCUT2D eigenvalue weighted by atomic mass is 19.1. The second-order valence-electron chi connectivity index (χ2n) is 6.70. The Hall–Kier alpha value is -1.82. The molecule has 140 valence electrons. The summed E-state index contributed by atoms with van der Waals surface area (Å²) < 4.78 is 14.1. The van der Waals surface area contributed by atoms with Crippen molar-refractivity contribution in [2.45, 2.75) is 32.7 Å². The van der Waals surface area contributed by atoms with Gasteiger partial charge in [-0.3, -0.25) is 0 Å². The Morgan fingerprint density at radius 1 is 1.20 bits per heavy atom. The summed E-state index contributed by atoms with van der Waals surface area (Å²) in [4.78, 5) is 8.85. The van der Waals surface area contributed by atoms with Gasteiger partial charge < -0.3 is 20.4 Å². The van der Waals surface area contributed by atoms with Crippen molar-refractivity contribution in [2.75, 3.05) is 51.7 Å². The van der Waals surface area contributed by atoms with Crippen LogP contribution in [0, 0.1) is 5.82 Å². The molecular weight excluding hydrogens is 317 g/mol. The van der Waals surface area contributed by atoms with E-state index in [2.05, 4.69) is 20.5 Å². The molecule has 0 spiro atoms. The molecule has 0 aliphatic carbocycles. The molecule has 5 nitrogen and oxygen atoms in total. The van der Waals surface area contributed by atoms with Crippen molar-refractivity contribution in [3.05, 3.63) is 29.6 Å². The van der Waals surface area contributed by atoms with Gasteiger partial charge in [-0.05, 0) is 50.6 Å². The van der Waals surface area contributed by atoms with Crippen molar-refractivity contribution in [3.8, 4) is 0 Å². The number of guanidine groups is 1. The van der Waals surface area contributed by atoms with Gasteiger partial charge in [-0.25, -0.2) is 9.38 Å². The van der Waals surface area contributed by atoms with Crippen LogP contribution in [0.15, 0.2) is 23.2 Å². The van der Waals surface area contributed by atoms with Gasteiger partial charge in [0.25, 0.3) is 0 Å². The molecule has 0 saturated carbocycles. The van der Waals surface area contributed by atoms with Gasteiger partial charge in [-0.15, -0.1) is 0 Å². The lowest BCUT2D eigenvalue weighted by Gasteiger charge is -2.26. The third-order valence-electron chi connectivity index (χ3n) is 4.43. The average molecular weight is 349 g/mol. The van der Waals surface area contributed by atoms with Crippen molar-refractivity contribution in [3.63, 3.8) is 0 Å². The van der Waals surface area contributed by atoms with E-state index in [0.717, 1.165) is 31.2 Å². The van der Waals surface area contributed by atoms with E-state index in [-0.39, 0.29) is 5.82 Å². The fraction of sp³-hybridized carbons (Fsp3) is 0.632. The van der Waals surface area contributed by atoms with Crippen LogP contribution < -0.4 is 15.5 Å². The van der Waals surface area contributed by atoms with Gasteiger partial charge in [-0.1, -0.05) is 12.5 Å². The molecule has 1 aliphatic heterocycles. The minimum atomic E-state index is -0.208. The molecule has 1 aliphatic rings. The van der Waals surface area contributed by atoms with Gasteiger partial charge in [0.2, 0.25) is 0 Å². The van der Waals surface area contributed by atoms with Gasteiger partial charge >= 0.3 is 0 Å². The molecule has 1 aromatic carbocycles. The van der Waals surface area contributed by atoms with E-state index < -0.39 is 0 Å². The molecular formula is C19H32FN5. The van der Waals surface area contributed by atoms with E-state index in [9.17, 15) is 4.39 Å². The first-order valence-corrected chi connectivity index (χ1v) is 9.30. The first kappa shape index (κ1) is 19.5. The molecule has 1 fully saturated rings. The summed E-state index contributed by atoms with van der Waals surface area (Å²) in [5, 5.41) is 6.63. The number of benzene rings is 1. The Bertz CT molecular complexity index is 553. The second-order valence-corrected chi connectivity index (χ2v) is 6.70. The maximum Gasteiger partial charge on any atom is 0.191 e. The van der Waals surface area contributed by atoms with Crippen molar-refractivity contribution in [1.29, 1.82) is 0 Å². The quantitative estimate of drug-likeness (QED) is 0.586. The Morgan fingerprint density at radius 2 is 1.96 bits per heavy atom. The van der Waals surface area contributed by atoms with Crippen molar-refractivity contribution in [1.82, 2.24) is 15.5 Å². The number of piperidine rings is 1. The number of rotatable bonds is 7. The predicted molar refractivity (Wildman–Crippen MR) is 104 cm³/mol. The zero-order valence-electron chi connectivity index (χ0n) is 15.8. The van der Waals surface area contributed by atoms with Crippen LogP contribution in [0.25, 0.3) is 0 Å². The third kappa shape index (κ3) is 6.53. The maximum atomic E-state index is 14.1. The normalized spacial score (nSPS) is 15.9. The Balaban J connectivity index is 1.86. The van der Waals surface area contributed by atoms with E-state index in [0.29, 0.717) is 12.2 Å². The highest BCUT2D eigenvalue weighted by Crippen LogP contribution is 2.18. The van der Waals surface area contributed by atoms with Crippen LogP contribution in [0.4, 0.5) is 10.1 Å². The van der Waals surface area contributed by atoms with Crippen LogP contribution in [0.3, 0.4) is 0 Å². The first-order chi connectivity index (χ1) is 12.1. The highest BCUT2D eigenvalue weighted by Gasteiger charge is 2.09. The van der Waals surface area contributed by atoms with E-state index in [4.69, 9.17) is 0 Å². The predicted octanol–water partition coefficient (Wildman–Crippen LogP) is 2.43. The summed E-state index contributed by atoms with van der Waals surface area (Å²) in [5.41, 5.74) is 1.47. The molecule has 0 amide bonds. The third-order valence-corrected chi connectivity index (χ3v) is 4.43. The molecule has 25 heavy (non-hydrogen) atoms. The number of hydrogen-bond acceptors (Lipinski definition) is 3. The Kier molecular flexibility index (Phi) is 7.98. The summed E-state index contributed by atoms with van der Waals surface area (Å²) in [7, 11) is 3.68. The van der Waals surface area contributed by atoms with Gasteiger partial charge in [0.15, 0.2) is 5.96 Å². The summed E-state index contributed by atoms with van der Waals surface area (Å²) in [6.45, 7) is 7.64. The molecule has 1 heterocycles. The van der Waals surface area contributed by atoms with Crippen LogP contribution in [0.5, 0.6) is 0 Å². The van der Waals surface area contributed by atoms with Crippen LogP contribution in [-0.2, 0) is 6.54 Å². The molecule has 1 saturated heterocycles. The molecule has 2 rings (SSSR count). The minimum absolute atomic E-state index is 0.208. The fourth-order valence-corrected chi connectivity index (χ4v) is 3.04. The summed E-state index contributed by atoms with van der Waals surface area (Å²) in [6, 6.07) is 5.30. The van der Waals surface area contributed by atoms with Gasteiger partial charge in [0.1, 0.15) is 5.82 Å². The maximum absolute atomic E-state index is 14.1. The first-order valence-electron chi connectivity index (χ1n) is 9.30. The van der Waals surface area contributed by atoms with Crippen molar-refractivity contribution in [2.24, 2.45) is 4.99 Å². The molecule has 0 radical (unpaired) electrons. The standard InChI is InChI=1S/C19H32FN5/c1-4-21-19(22-10-13-25-11-6-5-7-12-25)23-15-16-8-9-18(24(2)3)17(20)14-16/h8-9,14H,4-7,10-13,15H2,1-3H3,(H2,21,22,23). The molecule has 0 atom stereocenters. The Labute approximate surface area is 151 Å². The molecule has 0 unspecified atom stereocenters. The van der Waals surface area contributed by atoms with E-state index >= 15 is 0 Å². The summed E-state index contributed by atoms with van der Waals surface area (Å²) >= 11 is 0. The van der Waals surface area contributed by atoms with Crippen LogP contribution in [0.2, 0.25) is 0 Å². The topological polar surface area (TPSA) is 42.9 Å². The lowest BCUT2D eigenvalue weighted by molar-refractivity contribution is 0.232. The molecule has 6 heteroatoms. The number of nitrogens with zero attached hydrogens (tertiary/aromatic N) is 3. The fourth-order valence-electron chi connectivity index (χ4n) is 3.04. The number of nitrogens with one attached hydrogen (secondary N) is 2. The van der Waals surface area contributed by atoms with E-state index in [1.54, 1.807) is 17.0 Å². The van der Waals surface area contributed by atoms with Crippen molar-refractivity contribution >= 4 is 11.6 Å². The molecule has 0 aromatic heterocycles. The van der Waals surface area contributed by atoms with Crippen LogP contribution in [0.1, 0.15) is 31.7 Å². The zero-order chi connectivity index (χ0) is 18.1. The minimum Gasteiger partial charge on any atom is -0.375 e. The van der Waals surface area contributed by atoms with E-state index in [1.165, 1.54) is 32.4 Å². The zero-order valence-corrected chi connectivity index (χ0v) is 15.8. The number of hydrogen-bond donors (Lipinski definition) is 2. The van der Waals surface area contributed by atoms with Gasteiger partial charge in [0, 0.05) is 33.7 Å². The monoisotopic (exact) mass is 349 g/mol. The number of halogens is 1. The average Bonchev–Trinajstić information content (AvgIpc) is 2.60. The van der Waals surface area contributed by atoms with Crippen LogP contribution >= 0.6 is 0 Å². The van der Waals surface area contributed by atoms with E-state index in [1.807, 2.05) is 27.1 Å². The summed E-state index contributed by atoms with van der Waals surface area (Å²) in [6.07, 6.45) is 3.97. The molecule has 0 bridgehead atoms. The number of anilines is 1. The smallest absolute Gasteiger partial charge is 0.191 e. The second kappa shape index (κ2) is 10.2. The lowest BCUT2D eigenvalue weighted by Crippen LogP contribution is -2.42. The van der Waals surface area contributed by atoms with Gasteiger partial charge in [-0.2, -0.15) is 0 Å². The number of likely N-dealkylation sites (tertiary alicyclic amines) is 1. The summed E-state index contributed by atoms with van der Waals surface area (Å²) in [5.74, 6) is 0.581. The van der Waals surface area contributed by atoms with Gasteiger partial charge in [0.05, 0.1) is 12.2 Å². The SMILES string of the molecule is CCNC(=NCc1ccc(N(C)C)c(F)c1)NCCN1CCCCC1. The highest BCUT2D eigenvalue weighted by molar-refractivity contribution is 5.79. The van der Waals surface area contributed by atoms with Crippen LogP contribution in [-0.4, -0.2) is 57.7 Å². The molecule has 1 aromatic rings. The lowest BCUT2D eigenvalue weighted by atomic mass is 10.1. The number of aliphatic imine (C=N–C) groups is 1. The largest absolute Gasteiger partial charge is 0.375 e. The molecule has 2 N–H and O–H groups in total. The Morgan fingerprint density at radius 3 is 2.60 bits per heavy atom. The van der Waals surface area contributed by atoms with Crippen molar-refractivity contribution < 1.29 is 4.39 Å².